The number of primary amides is 1. The van der Waals surface area contributed by atoms with Gasteiger partial charge in [-0.2, -0.15) is 0 Å². The highest BCUT2D eigenvalue weighted by atomic mass is 32.2. The number of hydrogen-bond donors (Lipinski definition) is 2. The summed E-state index contributed by atoms with van der Waals surface area (Å²) in [4.78, 5) is 34.6. The molecule has 1 aliphatic rings. The van der Waals surface area contributed by atoms with Crippen molar-refractivity contribution in [3.05, 3.63) is 0 Å². The van der Waals surface area contributed by atoms with Crippen LogP contribution in [0.25, 0.3) is 0 Å². The van der Waals surface area contributed by atoms with E-state index in [2.05, 4.69) is 10.2 Å². The standard InChI is InChI=1S/C9H10N4O4S2/c10-7(17)4-1-5(14)13(2-4)8-11-12-9(19-8)18-3-6(15)16/h4H,1-3H2,(H2,10,17)(H,15,16). The largest absolute Gasteiger partial charge is 0.481 e. The van der Waals surface area contributed by atoms with Crippen LogP contribution in [0.4, 0.5) is 5.13 Å². The zero-order valence-electron chi connectivity index (χ0n) is 9.61. The molecule has 1 atom stereocenters. The summed E-state index contributed by atoms with van der Waals surface area (Å²) in [6.07, 6.45) is 0.0759. The lowest BCUT2D eigenvalue weighted by Crippen LogP contribution is -2.28. The van der Waals surface area contributed by atoms with Crippen LogP contribution < -0.4 is 10.6 Å². The molecule has 2 amide bonds. The Morgan fingerprint density at radius 2 is 2.26 bits per heavy atom. The quantitative estimate of drug-likeness (QED) is 0.557. The third-order valence-electron chi connectivity index (χ3n) is 2.47. The topological polar surface area (TPSA) is 126 Å². The summed E-state index contributed by atoms with van der Waals surface area (Å²) in [5, 5.41) is 16.5. The molecule has 1 unspecified atom stereocenters. The molecule has 0 radical (unpaired) electrons. The lowest BCUT2D eigenvalue weighted by atomic mass is 10.1. The smallest absolute Gasteiger partial charge is 0.313 e. The third-order valence-corrected chi connectivity index (χ3v) is 4.54. The fraction of sp³-hybridized carbons (Fsp3) is 0.444. The van der Waals surface area contributed by atoms with Crippen molar-refractivity contribution in [2.24, 2.45) is 11.7 Å². The molecule has 102 valence electrons. The van der Waals surface area contributed by atoms with Crippen LogP contribution in [0.15, 0.2) is 4.34 Å². The third kappa shape index (κ3) is 3.20. The molecular weight excluding hydrogens is 292 g/mol. The van der Waals surface area contributed by atoms with E-state index in [1.54, 1.807) is 0 Å². The molecule has 0 spiro atoms. The van der Waals surface area contributed by atoms with Crippen LogP contribution in [-0.4, -0.2) is 45.4 Å². The second-order valence-corrected chi connectivity index (χ2v) is 6.02. The van der Waals surface area contributed by atoms with Gasteiger partial charge in [0.2, 0.25) is 16.9 Å². The highest BCUT2D eigenvalue weighted by Crippen LogP contribution is 2.31. The highest BCUT2D eigenvalue weighted by Gasteiger charge is 2.35. The Morgan fingerprint density at radius 3 is 2.84 bits per heavy atom. The normalized spacial score (nSPS) is 18.8. The summed E-state index contributed by atoms with van der Waals surface area (Å²) < 4.78 is 0.465. The van der Waals surface area contributed by atoms with Gasteiger partial charge in [-0.15, -0.1) is 10.2 Å². The maximum Gasteiger partial charge on any atom is 0.313 e. The molecule has 2 heterocycles. The van der Waals surface area contributed by atoms with E-state index in [-0.39, 0.29) is 24.6 Å². The number of amides is 2. The number of nitrogens with two attached hydrogens (primary N) is 1. The maximum absolute atomic E-state index is 11.7. The molecule has 0 saturated carbocycles. The van der Waals surface area contributed by atoms with Crippen LogP contribution in [0.2, 0.25) is 0 Å². The van der Waals surface area contributed by atoms with Gasteiger partial charge in [0.25, 0.3) is 0 Å². The van der Waals surface area contributed by atoms with Crippen LogP contribution in [0, 0.1) is 5.92 Å². The molecule has 1 aromatic heterocycles. The lowest BCUT2D eigenvalue weighted by molar-refractivity contribution is -0.134. The second-order valence-electron chi connectivity index (χ2n) is 3.84. The van der Waals surface area contributed by atoms with Crippen molar-refractivity contribution in [1.29, 1.82) is 0 Å². The van der Waals surface area contributed by atoms with Gasteiger partial charge >= 0.3 is 5.97 Å². The van der Waals surface area contributed by atoms with E-state index < -0.39 is 17.8 Å². The van der Waals surface area contributed by atoms with Gasteiger partial charge in [0, 0.05) is 13.0 Å². The van der Waals surface area contributed by atoms with Crippen molar-refractivity contribution in [2.45, 2.75) is 10.8 Å². The Bertz CT molecular complexity index is 532. The average Bonchev–Trinajstić information content (AvgIpc) is 2.92. The van der Waals surface area contributed by atoms with Crippen LogP contribution in [0.3, 0.4) is 0 Å². The summed E-state index contributed by atoms with van der Waals surface area (Å²) in [5.41, 5.74) is 5.17. The number of carbonyl (C=O) groups is 3. The fourth-order valence-electron chi connectivity index (χ4n) is 1.58. The summed E-state index contributed by atoms with van der Waals surface area (Å²) in [6, 6.07) is 0. The van der Waals surface area contributed by atoms with E-state index in [0.29, 0.717) is 9.47 Å². The van der Waals surface area contributed by atoms with Gasteiger partial charge in [0.15, 0.2) is 4.34 Å². The lowest BCUT2D eigenvalue weighted by Gasteiger charge is -2.10. The molecule has 0 aromatic carbocycles. The van der Waals surface area contributed by atoms with Crippen LogP contribution in [0.1, 0.15) is 6.42 Å². The van der Waals surface area contributed by atoms with Gasteiger partial charge < -0.3 is 10.8 Å². The van der Waals surface area contributed by atoms with Gasteiger partial charge in [-0.1, -0.05) is 23.1 Å². The molecule has 2 rings (SSSR count). The zero-order valence-corrected chi connectivity index (χ0v) is 11.2. The van der Waals surface area contributed by atoms with Gasteiger partial charge in [-0.25, -0.2) is 0 Å². The second kappa shape index (κ2) is 5.53. The molecule has 1 fully saturated rings. The number of nitrogens with zero attached hydrogens (tertiary/aromatic N) is 3. The fourth-order valence-corrected chi connectivity index (χ4v) is 3.16. The van der Waals surface area contributed by atoms with E-state index in [1.807, 2.05) is 0 Å². The summed E-state index contributed by atoms with van der Waals surface area (Å²) in [6.45, 7) is 0.201. The SMILES string of the molecule is NC(=O)C1CC(=O)N(c2nnc(SCC(=O)O)s2)C1. The predicted octanol–water partition coefficient (Wildman–Crippen LogP) is -0.447. The molecule has 10 heteroatoms. The predicted molar refractivity (Wildman–Crippen MR) is 67.9 cm³/mol. The molecule has 0 aliphatic carbocycles. The molecule has 8 nitrogen and oxygen atoms in total. The highest BCUT2D eigenvalue weighted by molar-refractivity contribution is 8.01. The van der Waals surface area contributed by atoms with Crippen molar-refractivity contribution < 1.29 is 19.5 Å². The van der Waals surface area contributed by atoms with Crippen molar-refractivity contribution in [3.63, 3.8) is 0 Å². The van der Waals surface area contributed by atoms with Crippen molar-refractivity contribution in [2.75, 3.05) is 17.2 Å². The molecular formula is C9H10N4O4S2. The number of hydrogen-bond acceptors (Lipinski definition) is 7. The van der Waals surface area contributed by atoms with E-state index in [1.165, 1.54) is 4.90 Å². The number of carbonyl (C=O) groups excluding carboxylic acids is 2. The summed E-state index contributed by atoms with van der Waals surface area (Å²) in [5.74, 6) is -2.32. The Labute approximate surface area is 116 Å². The number of aromatic nitrogens is 2. The van der Waals surface area contributed by atoms with E-state index >= 15 is 0 Å². The van der Waals surface area contributed by atoms with E-state index in [4.69, 9.17) is 10.8 Å². The molecule has 1 saturated heterocycles. The first-order valence-electron chi connectivity index (χ1n) is 5.25. The molecule has 19 heavy (non-hydrogen) atoms. The van der Waals surface area contributed by atoms with Crippen LogP contribution in [0.5, 0.6) is 0 Å². The van der Waals surface area contributed by atoms with Gasteiger partial charge in [-0.3, -0.25) is 19.3 Å². The van der Waals surface area contributed by atoms with E-state index in [9.17, 15) is 14.4 Å². The maximum atomic E-state index is 11.7. The van der Waals surface area contributed by atoms with Crippen molar-refractivity contribution >= 4 is 46.0 Å². The minimum Gasteiger partial charge on any atom is -0.481 e. The van der Waals surface area contributed by atoms with Crippen LogP contribution >= 0.6 is 23.1 Å². The first-order valence-corrected chi connectivity index (χ1v) is 7.05. The summed E-state index contributed by atoms with van der Waals surface area (Å²) >= 11 is 2.15. The Balaban J connectivity index is 2.04. The monoisotopic (exact) mass is 302 g/mol. The Morgan fingerprint density at radius 1 is 1.53 bits per heavy atom. The van der Waals surface area contributed by atoms with Crippen molar-refractivity contribution in [3.8, 4) is 0 Å². The average molecular weight is 302 g/mol. The van der Waals surface area contributed by atoms with Crippen molar-refractivity contribution in [1.82, 2.24) is 10.2 Å². The zero-order chi connectivity index (χ0) is 14.0. The molecule has 3 N–H and O–H groups in total. The minimum absolute atomic E-state index is 0.0759. The first kappa shape index (κ1) is 13.7. The number of anilines is 1. The number of rotatable bonds is 5. The molecule has 0 bridgehead atoms. The van der Waals surface area contributed by atoms with Gasteiger partial charge in [-0.05, 0) is 0 Å². The number of thioether (sulfide) groups is 1. The number of carboxylic acids is 1. The molecule has 1 aliphatic heterocycles. The number of aliphatic carboxylic acids is 1. The van der Waals surface area contributed by atoms with Gasteiger partial charge in [0.05, 0.1) is 11.7 Å². The summed E-state index contributed by atoms with van der Waals surface area (Å²) in [7, 11) is 0. The Hall–Kier alpha value is -1.68. The van der Waals surface area contributed by atoms with E-state index in [0.717, 1.165) is 23.1 Å². The van der Waals surface area contributed by atoms with Crippen LogP contribution in [-0.2, 0) is 14.4 Å². The number of carboxylic acid groups (broad SMARTS) is 1. The van der Waals surface area contributed by atoms with Gasteiger partial charge in [0.1, 0.15) is 0 Å². The first-order chi connectivity index (χ1) is 8.97. The Kier molecular flexibility index (Phi) is 4.00. The minimum atomic E-state index is -0.951. The molecule has 1 aromatic rings.